The van der Waals surface area contributed by atoms with E-state index in [4.69, 9.17) is 0 Å². The van der Waals surface area contributed by atoms with Crippen molar-refractivity contribution in [1.82, 2.24) is 10.2 Å². The molecule has 1 aliphatic carbocycles. The highest BCUT2D eigenvalue weighted by Crippen LogP contribution is 2.43. The molecule has 0 saturated heterocycles. The number of hydrogen-bond acceptors (Lipinski definition) is 2. The number of likely N-dealkylation sites (N-methyl/N-ethyl adjacent to an activating group) is 1. The Hall–Kier alpha value is -2.07. The van der Waals surface area contributed by atoms with Crippen LogP contribution in [0.25, 0.3) is 0 Å². The van der Waals surface area contributed by atoms with Crippen LogP contribution in [-0.4, -0.2) is 38.3 Å². The smallest absolute Gasteiger partial charge is 0.251 e. The molecule has 0 spiro atoms. The van der Waals surface area contributed by atoms with Crippen LogP contribution in [0.4, 0.5) is 0 Å². The van der Waals surface area contributed by atoms with Crippen LogP contribution in [0.15, 0.2) is 48.5 Å². The van der Waals surface area contributed by atoms with Gasteiger partial charge >= 0.3 is 0 Å². The van der Waals surface area contributed by atoms with Gasteiger partial charge in [-0.15, -0.1) is 0 Å². The van der Waals surface area contributed by atoms with Crippen molar-refractivity contribution in [3.63, 3.8) is 0 Å². The number of carbonyl (C=O) groups is 1. The molecule has 0 aliphatic heterocycles. The fourth-order valence-corrected chi connectivity index (χ4v) is 4.53. The third-order valence-electron chi connectivity index (χ3n) is 6.01. The molecule has 1 atom stereocenters. The molecule has 1 unspecified atom stereocenters. The molecule has 2 aromatic carbocycles. The van der Waals surface area contributed by atoms with Crippen LogP contribution in [-0.2, 0) is 0 Å². The highest BCUT2D eigenvalue weighted by molar-refractivity contribution is 6.36. The predicted octanol–water partition coefficient (Wildman–Crippen LogP) is 2.60. The molecule has 0 aromatic heterocycles. The van der Waals surface area contributed by atoms with Crippen LogP contribution in [0.3, 0.4) is 0 Å². The Morgan fingerprint density at radius 1 is 1.08 bits per heavy atom. The number of hydrogen-bond donors (Lipinski definition) is 1. The first kappa shape index (κ1) is 18.7. The fraction of sp³-hybridized carbons (Fsp3) is 0.409. The third kappa shape index (κ3) is 3.43. The van der Waals surface area contributed by atoms with Gasteiger partial charge in [-0.25, -0.2) is 0 Å². The number of nitrogens with one attached hydrogen (secondary N) is 1. The number of carbonyl (C=O) groups excluding carboxylic acids is 1. The number of nitrogens with zero attached hydrogens (tertiary/aromatic N) is 1. The largest absolute Gasteiger partial charge is 0.343 e. The first-order chi connectivity index (χ1) is 12.5. The normalized spacial score (nSPS) is 17.2. The first-order valence-electron chi connectivity index (χ1n) is 9.55. The maximum atomic E-state index is 13.3. The Morgan fingerprint density at radius 3 is 2.31 bits per heavy atom. The van der Waals surface area contributed by atoms with E-state index in [1.165, 1.54) is 18.4 Å². The summed E-state index contributed by atoms with van der Waals surface area (Å²) in [5, 5.41) is 3.41. The van der Waals surface area contributed by atoms with Gasteiger partial charge in [0.05, 0.1) is 6.04 Å². The maximum absolute atomic E-state index is 13.3. The molecule has 3 rings (SSSR count). The summed E-state index contributed by atoms with van der Waals surface area (Å²) < 4.78 is 0. The highest BCUT2D eigenvalue weighted by atomic mass is 16.1. The minimum Gasteiger partial charge on any atom is -0.343 e. The van der Waals surface area contributed by atoms with Crippen LogP contribution in [0, 0.1) is 6.92 Å². The summed E-state index contributed by atoms with van der Waals surface area (Å²) in [6.07, 6.45) is 4.63. The second kappa shape index (κ2) is 7.67. The molecule has 1 amide bonds. The molecule has 4 heteroatoms. The molecule has 3 nitrogen and oxygen atoms in total. The number of amides is 1. The van der Waals surface area contributed by atoms with Gasteiger partial charge in [0.15, 0.2) is 0 Å². The molecule has 2 aromatic rings. The minimum absolute atomic E-state index is 0.0206. The summed E-state index contributed by atoms with van der Waals surface area (Å²) in [4.78, 5) is 15.6. The lowest BCUT2D eigenvalue weighted by atomic mass is 9.81. The Bertz CT molecular complexity index is 747. The molecular weight excluding hydrogens is 319 g/mol. The van der Waals surface area contributed by atoms with Gasteiger partial charge < -0.3 is 10.2 Å². The lowest BCUT2D eigenvalue weighted by Crippen LogP contribution is -2.53. The Balaban J connectivity index is 2.01. The van der Waals surface area contributed by atoms with Crippen LogP contribution in [0.5, 0.6) is 0 Å². The van der Waals surface area contributed by atoms with Crippen molar-refractivity contribution in [2.75, 3.05) is 14.1 Å². The standard InChI is InChI=1S/C22H29BN2O/c1-16-10-9-13-18(23)19(16)21(26)24-20(17-11-5-4-6-12-17)22(25(2)3)14-7-8-15-22/h4-6,9-13,20H,7-8,14-15,23H2,1-3H3,(H,24,26). The van der Waals surface area contributed by atoms with Gasteiger partial charge in [-0.05, 0) is 45.0 Å². The van der Waals surface area contributed by atoms with Gasteiger partial charge in [-0.1, -0.05) is 66.8 Å². The summed E-state index contributed by atoms with van der Waals surface area (Å²) in [5.74, 6) is 0.0302. The Kier molecular flexibility index (Phi) is 5.52. The van der Waals surface area contributed by atoms with Gasteiger partial charge in [0.2, 0.25) is 0 Å². The number of benzene rings is 2. The van der Waals surface area contributed by atoms with Crippen molar-refractivity contribution in [2.45, 2.75) is 44.2 Å². The van der Waals surface area contributed by atoms with Crippen molar-refractivity contribution in [1.29, 1.82) is 0 Å². The molecule has 1 N–H and O–H groups in total. The van der Waals surface area contributed by atoms with Crippen molar-refractivity contribution in [2.24, 2.45) is 0 Å². The van der Waals surface area contributed by atoms with Gasteiger partial charge in [0, 0.05) is 11.1 Å². The van der Waals surface area contributed by atoms with Crippen molar-refractivity contribution in [3.8, 4) is 0 Å². The summed E-state index contributed by atoms with van der Waals surface area (Å²) in [6, 6.07) is 16.4. The van der Waals surface area contributed by atoms with E-state index < -0.39 is 0 Å². The third-order valence-corrected chi connectivity index (χ3v) is 6.01. The molecule has 1 fully saturated rings. The lowest BCUT2D eigenvalue weighted by molar-refractivity contribution is 0.0767. The number of rotatable bonds is 5. The average molecular weight is 348 g/mol. The van der Waals surface area contributed by atoms with Crippen molar-refractivity contribution in [3.05, 3.63) is 65.2 Å². The Labute approximate surface area is 158 Å². The molecule has 0 bridgehead atoms. The SMILES string of the molecule is Bc1cccc(C)c1C(=O)NC(c1ccccc1)C1(N(C)C)CCCC1. The molecule has 1 aliphatic rings. The van der Waals surface area contributed by atoms with Crippen LogP contribution < -0.4 is 10.8 Å². The van der Waals surface area contributed by atoms with E-state index in [9.17, 15) is 4.79 Å². The highest BCUT2D eigenvalue weighted by Gasteiger charge is 2.44. The first-order valence-corrected chi connectivity index (χ1v) is 9.55. The summed E-state index contributed by atoms with van der Waals surface area (Å²) in [6.45, 7) is 2.01. The van der Waals surface area contributed by atoms with Gasteiger partial charge in [0.25, 0.3) is 5.91 Å². The summed E-state index contributed by atoms with van der Waals surface area (Å²) >= 11 is 0. The van der Waals surface area contributed by atoms with Crippen LogP contribution in [0.1, 0.15) is 53.2 Å². The van der Waals surface area contributed by atoms with E-state index in [2.05, 4.69) is 48.6 Å². The van der Waals surface area contributed by atoms with E-state index in [0.717, 1.165) is 29.4 Å². The van der Waals surface area contributed by atoms with E-state index in [0.29, 0.717) is 0 Å². The van der Waals surface area contributed by atoms with E-state index in [1.807, 2.05) is 39.0 Å². The molecule has 26 heavy (non-hydrogen) atoms. The van der Waals surface area contributed by atoms with Crippen LogP contribution >= 0.6 is 0 Å². The zero-order valence-corrected chi connectivity index (χ0v) is 16.4. The average Bonchev–Trinajstić information content (AvgIpc) is 3.11. The Morgan fingerprint density at radius 2 is 1.73 bits per heavy atom. The van der Waals surface area contributed by atoms with Gasteiger partial charge in [-0.2, -0.15) is 0 Å². The molecular formula is C22H29BN2O. The topological polar surface area (TPSA) is 32.3 Å². The molecule has 0 radical (unpaired) electrons. The quantitative estimate of drug-likeness (QED) is 0.843. The van der Waals surface area contributed by atoms with E-state index >= 15 is 0 Å². The lowest BCUT2D eigenvalue weighted by Gasteiger charge is -2.44. The number of aryl methyl sites for hydroxylation is 1. The van der Waals surface area contributed by atoms with Gasteiger partial charge in [0.1, 0.15) is 7.85 Å². The fourth-order valence-electron chi connectivity index (χ4n) is 4.53. The monoisotopic (exact) mass is 348 g/mol. The zero-order chi connectivity index (χ0) is 18.7. The summed E-state index contributed by atoms with van der Waals surface area (Å²) in [5.41, 5.74) is 4.01. The predicted molar refractivity (Wildman–Crippen MR) is 111 cm³/mol. The van der Waals surface area contributed by atoms with Crippen molar-refractivity contribution >= 4 is 19.2 Å². The van der Waals surface area contributed by atoms with E-state index in [1.54, 1.807) is 0 Å². The maximum Gasteiger partial charge on any atom is 0.251 e. The molecule has 136 valence electrons. The zero-order valence-electron chi connectivity index (χ0n) is 16.4. The second-order valence-corrected chi connectivity index (χ2v) is 7.79. The summed E-state index contributed by atoms with van der Waals surface area (Å²) in [7, 11) is 6.30. The van der Waals surface area contributed by atoms with Crippen LogP contribution in [0.2, 0.25) is 0 Å². The van der Waals surface area contributed by atoms with Crippen molar-refractivity contribution < 1.29 is 4.79 Å². The second-order valence-electron chi connectivity index (χ2n) is 7.79. The minimum atomic E-state index is -0.0341. The van der Waals surface area contributed by atoms with Gasteiger partial charge in [-0.3, -0.25) is 4.79 Å². The molecule has 1 saturated carbocycles. The van der Waals surface area contributed by atoms with E-state index in [-0.39, 0.29) is 17.5 Å². The molecule has 0 heterocycles.